The molecule has 2 heteroatoms. The molecule has 1 heterocycles. The first-order chi connectivity index (χ1) is 10.8. The molecule has 0 fully saturated rings. The minimum Gasteiger partial charge on any atom is -0.289 e. The molecule has 0 aliphatic carbocycles. The summed E-state index contributed by atoms with van der Waals surface area (Å²) in [7, 11) is 0. The molecule has 0 saturated carbocycles. The highest BCUT2D eigenvalue weighted by Gasteiger charge is 2.09. The summed E-state index contributed by atoms with van der Waals surface area (Å²) in [5, 5.41) is 0. The first-order valence-electron chi connectivity index (χ1n) is 7.12. The van der Waals surface area contributed by atoms with Gasteiger partial charge in [0.2, 0.25) is 0 Å². The Morgan fingerprint density at radius 1 is 0.818 bits per heavy atom. The van der Waals surface area contributed by atoms with Crippen molar-refractivity contribution in [2.75, 3.05) is 0 Å². The van der Waals surface area contributed by atoms with Crippen LogP contribution in [0.5, 0.6) is 0 Å². The Bertz CT molecular complexity index is 792. The van der Waals surface area contributed by atoms with Crippen molar-refractivity contribution >= 4 is 11.9 Å². The van der Waals surface area contributed by atoms with E-state index in [-0.39, 0.29) is 5.78 Å². The van der Waals surface area contributed by atoms with Gasteiger partial charge in [0.05, 0.1) is 5.69 Å². The van der Waals surface area contributed by atoms with Gasteiger partial charge in [-0.25, -0.2) is 0 Å². The summed E-state index contributed by atoms with van der Waals surface area (Å²) in [4.78, 5) is 16.7. The van der Waals surface area contributed by atoms with Gasteiger partial charge in [-0.3, -0.25) is 9.78 Å². The second-order valence-corrected chi connectivity index (χ2v) is 4.86. The Kier molecular flexibility index (Phi) is 4.21. The third kappa shape index (κ3) is 3.18. The van der Waals surface area contributed by atoms with Crippen LogP contribution in [0.15, 0.2) is 85.1 Å². The number of hydrogen-bond acceptors (Lipinski definition) is 2. The molecule has 0 radical (unpaired) electrons. The van der Waals surface area contributed by atoms with Gasteiger partial charge in [-0.05, 0) is 35.4 Å². The Labute approximate surface area is 129 Å². The van der Waals surface area contributed by atoms with Gasteiger partial charge in [0, 0.05) is 11.8 Å². The number of ketones is 1. The summed E-state index contributed by atoms with van der Waals surface area (Å²) in [5.41, 5.74) is 3.45. The Balaban J connectivity index is 1.92. The first-order valence-corrected chi connectivity index (χ1v) is 7.12. The van der Waals surface area contributed by atoms with E-state index in [0.717, 1.165) is 16.8 Å². The van der Waals surface area contributed by atoms with E-state index in [2.05, 4.69) is 4.98 Å². The van der Waals surface area contributed by atoms with Crippen LogP contribution in [0.25, 0.3) is 17.2 Å². The molecule has 22 heavy (non-hydrogen) atoms. The van der Waals surface area contributed by atoms with Crippen molar-refractivity contribution in [1.29, 1.82) is 0 Å². The van der Waals surface area contributed by atoms with Gasteiger partial charge in [-0.2, -0.15) is 0 Å². The molecule has 2 aromatic carbocycles. The van der Waals surface area contributed by atoms with Crippen molar-refractivity contribution in [3.63, 3.8) is 0 Å². The molecule has 2 nitrogen and oxygen atoms in total. The van der Waals surface area contributed by atoms with Crippen LogP contribution in [0.3, 0.4) is 0 Å². The zero-order valence-corrected chi connectivity index (χ0v) is 12.0. The largest absolute Gasteiger partial charge is 0.289 e. The second-order valence-electron chi connectivity index (χ2n) is 4.86. The van der Waals surface area contributed by atoms with Crippen molar-refractivity contribution in [2.45, 2.75) is 0 Å². The smallest absolute Gasteiger partial charge is 0.186 e. The maximum atomic E-state index is 12.5. The number of carbonyl (C=O) groups is 1. The number of benzene rings is 2. The SMILES string of the molecule is O=C(C=Cc1ccccn1)c1ccccc1-c1ccccc1. The Hall–Kier alpha value is -3.00. The van der Waals surface area contributed by atoms with Crippen molar-refractivity contribution in [3.05, 3.63) is 96.3 Å². The second kappa shape index (κ2) is 6.64. The van der Waals surface area contributed by atoms with E-state index in [4.69, 9.17) is 0 Å². The summed E-state index contributed by atoms with van der Waals surface area (Å²) in [6.07, 6.45) is 5.02. The molecular formula is C20H15NO. The maximum Gasteiger partial charge on any atom is 0.186 e. The molecule has 0 unspecified atom stereocenters. The average Bonchev–Trinajstić information content (AvgIpc) is 2.61. The molecule has 0 spiro atoms. The molecule has 0 N–H and O–H groups in total. The molecule has 0 aliphatic rings. The summed E-state index contributed by atoms with van der Waals surface area (Å²) < 4.78 is 0. The van der Waals surface area contributed by atoms with Crippen molar-refractivity contribution in [2.24, 2.45) is 0 Å². The van der Waals surface area contributed by atoms with Crippen LogP contribution in [-0.2, 0) is 0 Å². The van der Waals surface area contributed by atoms with Crippen LogP contribution in [0.2, 0.25) is 0 Å². The summed E-state index contributed by atoms with van der Waals surface area (Å²) in [5.74, 6) is -0.0230. The zero-order valence-electron chi connectivity index (χ0n) is 12.0. The van der Waals surface area contributed by atoms with Crippen LogP contribution in [0.1, 0.15) is 16.1 Å². The van der Waals surface area contributed by atoms with E-state index in [1.807, 2.05) is 72.8 Å². The van der Waals surface area contributed by atoms with Crippen LogP contribution in [-0.4, -0.2) is 10.8 Å². The lowest BCUT2D eigenvalue weighted by molar-refractivity contribution is 0.104. The van der Waals surface area contributed by atoms with Crippen LogP contribution in [0.4, 0.5) is 0 Å². The lowest BCUT2D eigenvalue weighted by Crippen LogP contribution is -1.97. The summed E-state index contributed by atoms with van der Waals surface area (Å²) in [6, 6.07) is 23.2. The van der Waals surface area contributed by atoms with E-state index >= 15 is 0 Å². The normalized spacial score (nSPS) is 10.7. The number of carbonyl (C=O) groups excluding carboxylic acids is 1. The number of rotatable bonds is 4. The number of nitrogens with zero attached hydrogens (tertiary/aromatic N) is 1. The molecule has 0 aliphatic heterocycles. The predicted octanol–water partition coefficient (Wildman–Crippen LogP) is 4.64. The lowest BCUT2D eigenvalue weighted by atomic mass is 9.97. The molecule has 0 bridgehead atoms. The molecule has 0 atom stereocenters. The molecule has 3 aromatic rings. The topological polar surface area (TPSA) is 30.0 Å². The average molecular weight is 285 g/mol. The molecule has 106 valence electrons. The third-order valence-corrected chi connectivity index (χ3v) is 3.37. The van der Waals surface area contributed by atoms with Gasteiger partial charge >= 0.3 is 0 Å². The molecule has 3 rings (SSSR count). The highest BCUT2D eigenvalue weighted by atomic mass is 16.1. The molecule has 0 saturated heterocycles. The highest BCUT2D eigenvalue weighted by molar-refractivity contribution is 6.10. The number of aromatic nitrogens is 1. The van der Waals surface area contributed by atoms with Gasteiger partial charge in [-0.15, -0.1) is 0 Å². The van der Waals surface area contributed by atoms with Gasteiger partial charge < -0.3 is 0 Å². The Morgan fingerprint density at radius 3 is 2.32 bits per heavy atom. The van der Waals surface area contributed by atoms with Crippen LogP contribution < -0.4 is 0 Å². The van der Waals surface area contributed by atoms with Gasteiger partial charge in [0.1, 0.15) is 0 Å². The Morgan fingerprint density at radius 2 is 1.55 bits per heavy atom. The van der Waals surface area contributed by atoms with Crippen LogP contribution in [0, 0.1) is 0 Å². The van der Waals surface area contributed by atoms with E-state index < -0.39 is 0 Å². The third-order valence-electron chi connectivity index (χ3n) is 3.37. The standard InChI is InChI=1S/C20H15NO/c22-20(14-13-17-10-6-7-15-21-17)19-12-5-4-11-18(19)16-8-2-1-3-9-16/h1-15H. The van der Waals surface area contributed by atoms with E-state index in [1.165, 1.54) is 0 Å². The lowest BCUT2D eigenvalue weighted by Gasteiger charge is -2.06. The molecule has 1 aromatic heterocycles. The summed E-state index contributed by atoms with van der Waals surface area (Å²) in [6.45, 7) is 0. The molecule has 0 amide bonds. The predicted molar refractivity (Wildman–Crippen MR) is 89.5 cm³/mol. The fraction of sp³-hybridized carbons (Fsp3) is 0. The van der Waals surface area contributed by atoms with Crippen LogP contribution >= 0.6 is 0 Å². The fourth-order valence-corrected chi connectivity index (χ4v) is 2.29. The minimum atomic E-state index is -0.0230. The van der Waals surface area contributed by atoms with Gasteiger partial charge in [-0.1, -0.05) is 60.7 Å². The van der Waals surface area contributed by atoms with Gasteiger partial charge in [0.25, 0.3) is 0 Å². The number of pyridine rings is 1. The number of hydrogen-bond donors (Lipinski definition) is 0. The minimum absolute atomic E-state index is 0.0230. The van der Waals surface area contributed by atoms with Crippen molar-refractivity contribution in [1.82, 2.24) is 4.98 Å². The van der Waals surface area contributed by atoms with Crippen molar-refractivity contribution < 1.29 is 4.79 Å². The van der Waals surface area contributed by atoms with E-state index in [0.29, 0.717) is 5.56 Å². The number of allylic oxidation sites excluding steroid dienone is 1. The first kappa shape index (κ1) is 14.0. The monoisotopic (exact) mass is 285 g/mol. The fourth-order valence-electron chi connectivity index (χ4n) is 2.29. The quantitative estimate of drug-likeness (QED) is 0.516. The van der Waals surface area contributed by atoms with Gasteiger partial charge in [0.15, 0.2) is 5.78 Å². The maximum absolute atomic E-state index is 12.5. The van der Waals surface area contributed by atoms with E-state index in [1.54, 1.807) is 18.3 Å². The van der Waals surface area contributed by atoms with E-state index in [9.17, 15) is 4.79 Å². The summed E-state index contributed by atoms with van der Waals surface area (Å²) >= 11 is 0. The molecular weight excluding hydrogens is 270 g/mol. The zero-order chi connectivity index (χ0) is 15.2. The van der Waals surface area contributed by atoms with Crippen molar-refractivity contribution in [3.8, 4) is 11.1 Å². The highest BCUT2D eigenvalue weighted by Crippen LogP contribution is 2.24.